The van der Waals surface area contributed by atoms with E-state index < -0.39 is 0 Å². The highest BCUT2D eigenvalue weighted by molar-refractivity contribution is 5.47. The van der Waals surface area contributed by atoms with Crippen molar-refractivity contribution in [1.29, 1.82) is 0 Å². The van der Waals surface area contributed by atoms with Crippen molar-refractivity contribution in [3.05, 3.63) is 29.8 Å². The Kier molecular flexibility index (Phi) is 5.02. The zero-order chi connectivity index (χ0) is 12.8. The van der Waals surface area contributed by atoms with Gasteiger partial charge in [-0.2, -0.15) is 0 Å². The second-order valence-corrected chi connectivity index (χ2v) is 5.09. The highest BCUT2D eigenvalue weighted by Crippen LogP contribution is 2.17. The number of nitrogens with zero attached hydrogens (tertiary/aromatic N) is 2. The van der Waals surface area contributed by atoms with E-state index >= 15 is 0 Å². The van der Waals surface area contributed by atoms with Gasteiger partial charge in [0.1, 0.15) is 0 Å². The molecule has 1 fully saturated rings. The van der Waals surface area contributed by atoms with Crippen LogP contribution in [0.2, 0.25) is 0 Å². The second kappa shape index (κ2) is 6.76. The largest absolute Gasteiger partial charge is 0.370 e. The fourth-order valence-corrected chi connectivity index (χ4v) is 2.40. The van der Waals surface area contributed by atoms with E-state index in [2.05, 4.69) is 53.4 Å². The minimum absolute atomic E-state index is 0.972. The number of likely N-dealkylation sites (N-methyl/N-ethyl adjacent to an activating group) is 1. The molecular weight excluding hydrogens is 222 g/mol. The Labute approximate surface area is 111 Å². The summed E-state index contributed by atoms with van der Waals surface area (Å²) in [6, 6.07) is 9.01. The molecule has 0 amide bonds. The van der Waals surface area contributed by atoms with Crippen molar-refractivity contribution in [2.75, 3.05) is 44.7 Å². The van der Waals surface area contributed by atoms with Crippen LogP contribution in [0.15, 0.2) is 24.3 Å². The molecule has 3 heteroatoms. The van der Waals surface area contributed by atoms with Gasteiger partial charge in [0.15, 0.2) is 0 Å². The van der Waals surface area contributed by atoms with Crippen molar-refractivity contribution in [2.24, 2.45) is 0 Å². The van der Waals surface area contributed by atoms with E-state index in [-0.39, 0.29) is 0 Å². The topological polar surface area (TPSA) is 18.5 Å². The van der Waals surface area contributed by atoms with Crippen molar-refractivity contribution in [3.63, 3.8) is 0 Å². The van der Waals surface area contributed by atoms with Crippen LogP contribution in [-0.4, -0.2) is 44.7 Å². The molecule has 3 nitrogen and oxygen atoms in total. The Balaban J connectivity index is 1.95. The molecule has 1 aromatic rings. The van der Waals surface area contributed by atoms with E-state index in [4.69, 9.17) is 0 Å². The maximum absolute atomic E-state index is 3.36. The third kappa shape index (κ3) is 3.72. The summed E-state index contributed by atoms with van der Waals surface area (Å²) in [5, 5.41) is 3.36. The van der Waals surface area contributed by atoms with Crippen LogP contribution in [0.3, 0.4) is 0 Å². The molecular formula is C15H25N3. The van der Waals surface area contributed by atoms with E-state index in [1.54, 1.807) is 0 Å². The first-order chi connectivity index (χ1) is 8.79. The molecule has 1 aromatic carbocycles. The molecule has 0 aromatic heterocycles. The van der Waals surface area contributed by atoms with Gasteiger partial charge in [0.05, 0.1) is 0 Å². The molecule has 0 saturated carbocycles. The molecule has 1 aliphatic heterocycles. The lowest BCUT2D eigenvalue weighted by atomic mass is 10.2. The molecule has 1 N–H and O–H groups in total. The lowest BCUT2D eigenvalue weighted by Crippen LogP contribution is -2.28. The number of anilines is 1. The van der Waals surface area contributed by atoms with Crippen LogP contribution in [0.1, 0.15) is 18.9 Å². The first kappa shape index (κ1) is 13.4. The van der Waals surface area contributed by atoms with E-state index in [9.17, 15) is 0 Å². The SMILES string of the molecule is CCNCc1ccc(N2CCCN(C)CC2)cc1. The smallest absolute Gasteiger partial charge is 0.0366 e. The Morgan fingerprint density at radius 2 is 1.83 bits per heavy atom. The van der Waals surface area contributed by atoms with Gasteiger partial charge in [-0.1, -0.05) is 19.1 Å². The van der Waals surface area contributed by atoms with Gasteiger partial charge in [-0.15, -0.1) is 0 Å². The van der Waals surface area contributed by atoms with Gasteiger partial charge in [0, 0.05) is 31.9 Å². The molecule has 0 atom stereocenters. The molecule has 0 radical (unpaired) electrons. The van der Waals surface area contributed by atoms with Gasteiger partial charge in [0.2, 0.25) is 0 Å². The van der Waals surface area contributed by atoms with Gasteiger partial charge in [0.25, 0.3) is 0 Å². The number of hydrogen-bond acceptors (Lipinski definition) is 3. The van der Waals surface area contributed by atoms with Crippen molar-refractivity contribution >= 4 is 5.69 Å². The Bertz CT molecular complexity index is 347. The van der Waals surface area contributed by atoms with Gasteiger partial charge in [-0.05, 0) is 44.3 Å². The van der Waals surface area contributed by atoms with Gasteiger partial charge in [-0.3, -0.25) is 0 Å². The fourth-order valence-electron chi connectivity index (χ4n) is 2.40. The molecule has 0 bridgehead atoms. The summed E-state index contributed by atoms with van der Waals surface area (Å²) in [5.74, 6) is 0. The predicted octanol–water partition coefficient (Wildman–Crippen LogP) is 1.94. The van der Waals surface area contributed by atoms with Crippen LogP contribution in [0.5, 0.6) is 0 Å². The van der Waals surface area contributed by atoms with Crippen molar-refractivity contribution in [3.8, 4) is 0 Å². The molecule has 0 aliphatic carbocycles. The third-order valence-corrected chi connectivity index (χ3v) is 3.60. The summed E-state index contributed by atoms with van der Waals surface area (Å²) in [7, 11) is 2.21. The highest BCUT2D eigenvalue weighted by Gasteiger charge is 2.12. The van der Waals surface area contributed by atoms with Crippen LogP contribution >= 0.6 is 0 Å². The maximum Gasteiger partial charge on any atom is 0.0366 e. The van der Waals surface area contributed by atoms with Gasteiger partial charge >= 0.3 is 0 Å². The molecule has 0 spiro atoms. The molecule has 2 rings (SSSR count). The third-order valence-electron chi connectivity index (χ3n) is 3.60. The molecule has 1 saturated heterocycles. The standard InChI is InChI=1S/C15H25N3/c1-3-16-13-14-5-7-15(8-6-14)18-10-4-9-17(2)11-12-18/h5-8,16H,3-4,9-13H2,1-2H3. The summed E-state index contributed by atoms with van der Waals surface area (Å²) < 4.78 is 0. The fraction of sp³-hybridized carbons (Fsp3) is 0.600. The number of hydrogen-bond donors (Lipinski definition) is 1. The van der Waals surface area contributed by atoms with Gasteiger partial charge in [-0.25, -0.2) is 0 Å². The van der Waals surface area contributed by atoms with E-state index in [1.165, 1.54) is 37.3 Å². The molecule has 18 heavy (non-hydrogen) atoms. The van der Waals surface area contributed by atoms with Crippen LogP contribution in [0, 0.1) is 0 Å². The summed E-state index contributed by atoms with van der Waals surface area (Å²) in [5.41, 5.74) is 2.73. The average Bonchev–Trinajstić information content (AvgIpc) is 2.62. The first-order valence-electron chi connectivity index (χ1n) is 7.02. The number of nitrogens with one attached hydrogen (secondary N) is 1. The Morgan fingerprint density at radius 1 is 1.06 bits per heavy atom. The first-order valence-corrected chi connectivity index (χ1v) is 7.02. The zero-order valence-electron chi connectivity index (χ0n) is 11.7. The average molecular weight is 247 g/mol. The Morgan fingerprint density at radius 3 is 2.56 bits per heavy atom. The second-order valence-electron chi connectivity index (χ2n) is 5.09. The van der Waals surface area contributed by atoms with Crippen molar-refractivity contribution in [2.45, 2.75) is 19.9 Å². The minimum atomic E-state index is 0.972. The lowest BCUT2D eigenvalue weighted by molar-refractivity contribution is 0.360. The Hall–Kier alpha value is -1.06. The van der Waals surface area contributed by atoms with E-state index in [0.717, 1.165) is 19.6 Å². The lowest BCUT2D eigenvalue weighted by Gasteiger charge is -2.23. The molecule has 1 aliphatic rings. The summed E-state index contributed by atoms with van der Waals surface area (Å²) >= 11 is 0. The maximum atomic E-state index is 3.36. The van der Waals surface area contributed by atoms with Crippen molar-refractivity contribution in [1.82, 2.24) is 10.2 Å². The molecule has 100 valence electrons. The molecule has 1 heterocycles. The van der Waals surface area contributed by atoms with Crippen LogP contribution in [-0.2, 0) is 6.54 Å². The van der Waals surface area contributed by atoms with Crippen LogP contribution in [0.25, 0.3) is 0 Å². The minimum Gasteiger partial charge on any atom is -0.370 e. The summed E-state index contributed by atoms with van der Waals surface area (Å²) in [6.45, 7) is 8.84. The highest BCUT2D eigenvalue weighted by atomic mass is 15.2. The van der Waals surface area contributed by atoms with Crippen molar-refractivity contribution < 1.29 is 0 Å². The normalized spacial score (nSPS) is 17.8. The number of benzene rings is 1. The van der Waals surface area contributed by atoms with E-state index in [1.807, 2.05) is 0 Å². The van der Waals surface area contributed by atoms with E-state index in [0.29, 0.717) is 0 Å². The quantitative estimate of drug-likeness (QED) is 0.877. The van der Waals surface area contributed by atoms with Crippen LogP contribution in [0.4, 0.5) is 5.69 Å². The number of rotatable bonds is 4. The monoisotopic (exact) mass is 247 g/mol. The van der Waals surface area contributed by atoms with Crippen LogP contribution < -0.4 is 10.2 Å². The predicted molar refractivity (Wildman–Crippen MR) is 78.1 cm³/mol. The zero-order valence-corrected chi connectivity index (χ0v) is 11.7. The summed E-state index contributed by atoms with van der Waals surface area (Å²) in [6.07, 6.45) is 1.26. The molecule has 0 unspecified atom stereocenters. The summed E-state index contributed by atoms with van der Waals surface area (Å²) in [4.78, 5) is 4.92. The van der Waals surface area contributed by atoms with Gasteiger partial charge < -0.3 is 15.1 Å².